The number of nitrogens with zero attached hydrogens (tertiary/aromatic N) is 1. The van der Waals surface area contributed by atoms with Gasteiger partial charge in [-0.15, -0.1) is 0 Å². The van der Waals surface area contributed by atoms with Gasteiger partial charge in [-0.25, -0.2) is 9.18 Å². The monoisotopic (exact) mass is 238 g/mol. The second-order valence-corrected chi connectivity index (χ2v) is 4.07. The smallest absolute Gasteiger partial charge is 0.409 e. The summed E-state index contributed by atoms with van der Waals surface area (Å²) >= 11 is 0. The van der Waals surface area contributed by atoms with Crippen molar-refractivity contribution in [1.82, 2.24) is 4.90 Å². The highest BCUT2D eigenvalue weighted by atomic mass is 19.1. The first kappa shape index (κ1) is 11.9. The molecule has 0 bridgehead atoms. The van der Waals surface area contributed by atoms with E-state index in [4.69, 9.17) is 10.5 Å². The van der Waals surface area contributed by atoms with Crippen molar-refractivity contribution in [2.75, 3.05) is 19.7 Å². The van der Waals surface area contributed by atoms with Crippen molar-refractivity contribution in [3.63, 3.8) is 0 Å². The zero-order valence-electron chi connectivity index (χ0n) is 9.43. The third-order valence-corrected chi connectivity index (χ3v) is 2.77. The molecule has 1 aliphatic heterocycles. The fraction of sp³-hybridized carbons (Fsp3) is 0.417. The summed E-state index contributed by atoms with van der Waals surface area (Å²) in [5, 5.41) is 0. The van der Waals surface area contributed by atoms with E-state index in [2.05, 4.69) is 0 Å². The highest BCUT2D eigenvalue weighted by Gasteiger charge is 2.22. The summed E-state index contributed by atoms with van der Waals surface area (Å²) in [5.74, 6) is -0.293. The van der Waals surface area contributed by atoms with Gasteiger partial charge in [0, 0.05) is 19.1 Å². The number of halogens is 1. The Morgan fingerprint density at radius 1 is 1.41 bits per heavy atom. The number of amides is 1. The lowest BCUT2D eigenvalue weighted by Crippen LogP contribution is -2.41. The number of ether oxygens (including phenoxy) is 1. The Morgan fingerprint density at radius 3 is 2.76 bits per heavy atom. The van der Waals surface area contributed by atoms with Crippen LogP contribution < -0.4 is 5.73 Å². The van der Waals surface area contributed by atoms with Gasteiger partial charge in [-0.1, -0.05) is 12.1 Å². The molecule has 1 amide bonds. The molecule has 1 saturated heterocycles. The molecule has 0 spiro atoms. The summed E-state index contributed by atoms with van der Waals surface area (Å²) in [4.78, 5) is 13.0. The van der Waals surface area contributed by atoms with Gasteiger partial charge < -0.3 is 15.4 Å². The first-order valence-electron chi connectivity index (χ1n) is 5.59. The Hall–Kier alpha value is -1.62. The van der Waals surface area contributed by atoms with Crippen molar-refractivity contribution >= 4 is 6.09 Å². The van der Waals surface area contributed by atoms with Gasteiger partial charge >= 0.3 is 6.09 Å². The Bertz CT molecular complexity index is 394. The van der Waals surface area contributed by atoms with Gasteiger partial charge in [0.2, 0.25) is 0 Å². The molecule has 0 radical (unpaired) electrons. The number of rotatable bonds is 3. The number of nitrogens with two attached hydrogens (primary N) is 1. The molecule has 92 valence electrons. The van der Waals surface area contributed by atoms with E-state index in [1.54, 1.807) is 17.0 Å². The van der Waals surface area contributed by atoms with Gasteiger partial charge in [0.05, 0.1) is 6.61 Å². The van der Waals surface area contributed by atoms with Crippen molar-refractivity contribution in [2.24, 2.45) is 5.73 Å². The first-order chi connectivity index (χ1) is 8.16. The van der Waals surface area contributed by atoms with Crippen LogP contribution in [-0.4, -0.2) is 30.7 Å². The standard InChI is InChI=1S/C12H15FN2O2/c13-10-4-2-9(3-5-10)11(14)8-15-6-1-7-17-12(15)16/h2-5,11H,1,6-8,14H2. The molecule has 17 heavy (non-hydrogen) atoms. The Labute approximate surface area is 99.2 Å². The normalized spacial score (nSPS) is 17.8. The number of carbonyl (C=O) groups is 1. The molecule has 2 N–H and O–H groups in total. The maximum absolute atomic E-state index is 12.7. The average Bonchev–Trinajstić information content (AvgIpc) is 2.33. The third-order valence-electron chi connectivity index (χ3n) is 2.77. The molecule has 5 heteroatoms. The molecule has 1 aromatic carbocycles. The van der Waals surface area contributed by atoms with Gasteiger partial charge in [0.15, 0.2) is 0 Å². The molecule has 1 unspecified atom stereocenters. The molecule has 1 aliphatic rings. The van der Waals surface area contributed by atoms with Gasteiger partial charge in [-0.2, -0.15) is 0 Å². The zero-order chi connectivity index (χ0) is 12.3. The van der Waals surface area contributed by atoms with Gasteiger partial charge in [-0.3, -0.25) is 0 Å². The largest absolute Gasteiger partial charge is 0.449 e. The SMILES string of the molecule is NC(CN1CCCOC1=O)c1ccc(F)cc1. The second kappa shape index (κ2) is 5.14. The average molecular weight is 238 g/mol. The van der Waals surface area contributed by atoms with Crippen molar-refractivity contribution in [1.29, 1.82) is 0 Å². The van der Waals surface area contributed by atoms with Crippen molar-refractivity contribution in [3.05, 3.63) is 35.6 Å². The van der Waals surface area contributed by atoms with E-state index >= 15 is 0 Å². The van der Waals surface area contributed by atoms with Crippen LogP contribution in [0.15, 0.2) is 24.3 Å². The summed E-state index contributed by atoms with van der Waals surface area (Å²) in [6.45, 7) is 1.53. The number of hydrogen-bond donors (Lipinski definition) is 1. The van der Waals surface area contributed by atoms with Gasteiger partial charge in [0.1, 0.15) is 5.82 Å². The number of carbonyl (C=O) groups excluding carboxylic acids is 1. The quantitative estimate of drug-likeness (QED) is 0.871. The Morgan fingerprint density at radius 2 is 2.12 bits per heavy atom. The maximum Gasteiger partial charge on any atom is 0.409 e. The van der Waals surface area contributed by atoms with Crippen molar-refractivity contribution < 1.29 is 13.9 Å². The van der Waals surface area contributed by atoms with Gasteiger partial charge in [0.25, 0.3) is 0 Å². The molecule has 1 fully saturated rings. The molecule has 1 aromatic rings. The molecule has 0 aromatic heterocycles. The second-order valence-electron chi connectivity index (χ2n) is 4.07. The highest BCUT2D eigenvalue weighted by Crippen LogP contribution is 2.15. The van der Waals surface area contributed by atoms with Crippen LogP contribution in [-0.2, 0) is 4.74 Å². The maximum atomic E-state index is 12.7. The third kappa shape index (κ3) is 2.94. The fourth-order valence-corrected chi connectivity index (χ4v) is 1.82. The number of benzene rings is 1. The lowest BCUT2D eigenvalue weighted by molar-refractivity contribution is 0.0706. The van der Waals surface area contributed by atoms with Crippen molar-refractivity contribution in [3.8, 4) is 0 Å². The Balaban J connectivity index is 1.98. The summed E-state index contributed by atoms with van der Waals surface area (Å²) in [5.41, 5.74) is 6.78. The molecular formula is C12H15FN2O2. The van der Waals surface area contributed by atoms with Crippen LogP contribution in [0.5, 0.6) is 0 Å². The molecule has 0 saturated carbocycles. The van der Waals surface area contributed by atoms with Crippen LogP contribution in [0.2, 0.25) is 0 Å². The predicted molar refractivity (Wildman–Crippen MR) is 60.9 cm³/mol. The predicted octanol–water partition coefficient (Wildman–Crippen LogP) is 1.67. The molecule has 0 aliphatic carbocycles. The summed E-state index contributed by atoms with van der Waals surface area (Å²) < 4.78 is 17.7. The topological polar surface area (TPSA) is 55.6 Å². The van der Waals surface area contributed by atoms with E-state index in [9.17, 15) is 9.18 Å². The minimum atomic E-state index is -0.325. The number of cyclic esters (lactones) is 1. The number of hydrogen-bond acceptors (Lipinski definition) is 3. The molecular weight excluding hydrogens is 223 g/mol. The Kier molecular flexibility index (Phi) is 3.58. The van der Waals surface area contributed by atoms with Crippen LogP contribution in [0.25, 0.3) is 0 Å². The van der Waals surface area contributed by atoms with Crippen LogP contribution in [0.1, 0.15) is 18.0 Å². The lowest BCUT2D eigenvalue weighted by atomic mass is 10.1. The summed E-state index contributed by atoms with van der Waals surface area (Å²) in [6, 6.07) is 5.68. The summed E-state index contributed by atoms with van der Waals surface area (Å²) in [6.07, 6.45) is 0.496. The van der Waals surface area contributed by atoms with E-state index in [-0.39, 0.29) is 18.0 Å². The molecule has 2 rings (SSSR count). The van der Waals surface area contributed by atoms with Crippen molar-refractivity contribution in [2.45, 2.75) is 12.5 Å². The minimum absolute atomic E-state index is 0.293. The zero-order valence-corrected chi connectivity index (χ0v) is 9.43. The van der Waals surface area contributed by atoms with E-state index in [1.165, 1.54) is 12.1 Å². The summed E-state index contributed by atoms with van der Waals surface area (Å²) in [7, 11) is 0. The van der Waals surface area contributed by atoms with E-state index in [0.29, 0.717) is 19.7 Å². The lowest BCUT2D eigenvalue weighted by Gasteiger charge is -2.28. The van der Waals surface area contributed by atoms with Crippen LogP contribution in [0, 0.1) is 5.82 Å². The minimum Gasteiger partial charge on any atom is -0.449 e. The van der Waals surface area contributed by atoms with Crippen LogP contribution in [0.3, 0.4) is 0 Å². The van der Waals surface area contributed by atoms with E-state index in [0.717, 1.165) is 12.0 Å². The fourth-order valence-electron chi connectivity index (χ4n) is 1.82. The van der Waals surface area contributed by atoms with E-state index < -0.39 is 0 Å². The van der Waals surface area contributed by atoms with Gasteiger partial charge in [-0.05, 0) is 24.1 Å². The van der Waals surface area contributed by atoms with Crippen LogP contribution in [0.4, 0.5) is 9.18 Å². The van der Waals surface area contributed by atoms with Crippen LogP contribution >= 0.6 is 0 Å². The molecule has 1 heterocycles. The first-order valence-corrected chi connectivity index (χ1v) is 5.59. The molecule has 4 nitrogen and oxygen atoms in total. The van der Waals surface area contributed by atoms with E-state index in [1.807, 2.05) is 0 Å². The molecule has 1 atom stereocenters. The highest BCUT2D eigenvalue weighted by molar-refractivity contribution is 5.68.